The fourth-order valence-corrected chi connectivity index (χ4v) is 3.33. The number of H-pyrrole nitrogens is 1. The molecule has 4 aromatic rings. The van der Waals surface area contributed by atoms with Crippen LogP contribution in [0.5, 0.6) is 0 Å². The molecular formula is C25H23N5O3. The molecule has 0 saturated heterocycles. The topological polar surface area (TPSA) is 108 Å². The number of nitrogens with zero attached hydrogens (tertiary/aromatic N) is 2. The molecular weight excluding hydrogens is 418 g/mol. The van der Waals surface area contributed by atoms with E-state index in [9.17, 15) is 9.59 Å². The van der Waals surface area contributed by atoms with Crippen molar-refractivity contribution in [2.24, 2.45) is 5.10 Å². The number of amides is 2. The molecule has 2 aromatic heterocycles. The number of benzene rings is 2. The summed E-state index contributed by atoms with van der Waals surface area (Å²) in [4.78, 5) is 32.5. The van der Waals surface area contributed by atoms with Crippen LogP contribution in [0.15, 0.2) is 90.4 Å². The van der Waals surface area contributed by atoms with E-state index in [1.807, 2.05) is 60.8 Å². The smallest absolute Gasteiger partial charge is 0.408 e. The average molecular weight is 441 g/mol. The van der Waals surface area contributed by atoms with Gasteiger partial charge in [0.15, 0.2) is 0 Å². The van der Waals surface area contributed by atoms with Gasteiger partial charge in [-0.05, 0) is 34.9 Å². The van der Waals surface area contributed by atoms with E-state index in [2.05, 4.69) is 25.8 Å². The van der Waals surface area contributed by atoms with Gasteiger partial charge in [-0.1, -0.05) is 48.5 Å². The van der Waals surface area contributed by atoms with Crippen molar-refractivity contribution >= 4 is 29.1 Å². The summed E-state index contributed by atoms with van der Waals surface area (Å²) >= 11 is 0. The van der Waals surface area contributed by atoms with E-state index in [0.717, 1.165) is 27.6 Å². The number of nitrogens with one attached hydrogen (secondary N) is 3. The molecule has 0 fully saturated rings. The van der Waals surface area contributed by atoms with Gasteiger partial charge in [-0.15, -0.1) is 0 Å². The highest BCUT2D eigenvalue weighted by Gasteiger charge is 2.23. The Labute approximate surface area is 190 Å². The molecule has 0 bridgehead atoms. The molecule has 0 unspecified atom stereocenters. The predicted octanol–water partition coefficient (Wildman–Crippen LogP) is 3.55. The van der Waals surface area contributed by atoms with E-state index in [1.54, 1.807) is 24.5 Å². The number of rotatable bonds is 8. The number of hydrogen-bond donors (Lipinski definition) is 3. The van der Waals surface area contributed by atoms with Crippen LogP contribution in [-0.2, 0) is 22.6 Å². The molecule has 1 atom stereocenters. The quantitative estimate of drug-likeness (QED) is 0.287. The van der Waals surface area contributed by atoms with Crippen molar-refractivity contribution in [3.8, 4) is 0 Å². The number of hydrazone groups is 1. The summed E-state index contributed by atoms with van der Waals surface area (Å²) in [6, 6.07) is 19.7. The first-order valence-electron chi connectivity index (χ1n) is 10.4. The number of pyridine rings is 1. The van der Waals surface area contributed by atoms with Crippen LogP contribution in [0.25, 0.3) is 10.9 Å². The summed E-state index contributed by atoms with van der Waals surface area (Å²) < 4.78 is 5.31. The van der Waals surface area contributed by atoms with Gasteiger partial charge in [-0.25, -0.2) is 10.2 Å². The molecule has 2 aromatic carbocycles. The molecule has 0 aliphatic heterocycles. The van der Waals surface area contributed by atoms with Gasteiger partial charge in [0.05, 0.1) is 6.21 Å². The summed E-state index contributed by atoms with van der Waals surface area (Å²) in [6.45, 7) is 0.105. The number of aromatic nitrogens is 2. The van der Waals surface area contributed by atoms with Crippen molar-refractivity contribution in [1.29, 1.82) is 0 Å². The van der Waals surface area contributed by atoms with Crippen LogP contribution in [-0.4, -0.2) is 34.2 Å². The Balaban J connectivity index is 1.45. The van der Waals surface area contributed by atoms with Crippen LogP contribution in [0.2, 0.25) is 0 Å². The largest absolute Gasteiger partial charge is 0.445 e. The lowest BCUT2D eigenvalue weighted by Gasteiger charge is -2.17. The Kier molecular flexibility index (Phi) is 7.07. The molecule has 2 heterocycles. The lowest BCUT2D eigenvalue weighted by Crippen LogP contribution is -2.47. The fraction of sp³-hybridized carbons (Fsp3) is 0.120. The summed E-state index contributed by atoms with van der Waals surface area (Å²) in [7, 11) is 0. The first-order chi connectivity index (χ1) is 16.2. The highest BCUT2D eigenvalue weighted by atomic mass is 16.5. The lowest BCUT2D eigenvalue weighted by atomic mass is 10.0. The van der Waals surface area contributed by atoms with Gasteiger partial charge in [-0.3, -0.25) is 9.78 Å². The van der Waals surface area contributed by atoms with Crippen LogP contribution >= 0.6 is 0 Å². The SMILES string of the molecule is O=C(N[C@@H](Cc1c[nH]c2ccccc12)C(=O)N/N=C\c1ccncc1)OCc1ccccc1. The van der Waals surface area contributed by atoms with E-state index in [4.69, 9.17) is 4.74 Å². The van der Waals surface area contributed by atoms with Crippen LogP contribution in [0.3, 0.4) is 0 Å². The number of fused-ring (bicyclic) bond motifs is 1. The van der Waals surface area contributed by atoms with E-state index in [1.165, 1.54) is 6.21 Å². The third kappa shape index (κ3) is 6.04. The van der Waals surface area contributed by atoms with Gasteiger partial charge in [0.2, 0.25) is 0 Å². The molecule has 8 nitrogen and oxygen atoms in total. The molecule has 33 heavy (non-hydrogen) atoms. The number of alkyl carbamates (subject to hydrolysis) is 1. The Morgan fingerprint density at radius 1 is 1.03 bits per heavy atom. The molecule has 8 heteroatoms. The zero-order chi connectivity index (χ0) is 22.9. The van der Waals surface area contributed by atoms with Gasteiger partial charge in [0, 0.05) is 35.9 Å². The van der Waals surface area contributed by atoms with Gasteiger partial charge in [0.1, 0.15) is 12.6 Å². The van der Waals surface area contributed by atoms with E-state index >= 15 is 0 Å². The first-order valence-corrected chi connectivity index (χ1v) is 10.4. The maximum Gasteiger partial charge on any atom is 0.408 e. The van der Waals surface area contributed by atoms with Crippen molar-refractivity contribution in [2.75, 3.05) is 0 Å². The summed E-state index contributed by atoms with van der Waals surface area (Å²) in [6.07, 6.45) is 6.19. The Morgan fingerprint density at radius 3 is 2.61 bits per heavy atom. The third-order valence-electron chi connectivity index (χ3n) is 5.01. The van der Waals surface area contributed by atoms with Crippen LogP contribution in [0, 0.1) is 0 Å². The van der Waals surface area contributed by atoms with Gasteiger partial charge in [-0.2, -0.15) is 5.10 Å². The van der Waals surface area contributed by atoms with E-state index in [0.29, 0.717) is 0 Å². The zero-order valence-corrected chi connectivity index (χ0v) is 17.8. The minimum Gasteiger partial charge on any atom is -0.445 e. The number of aromatic amines is 1. The second-order valence-electron chi connectivity index (χ2n) is 7.34. The first kappa shape index (κ1) is 21.8. The highest BCUT2D eigenvalue weighted by molar-refractivity contribution is 5.89. The molecule has 3 N–H and O–H groups in total. The molecule has 166 valence electrons. The van der Waals surface area contributed by atoms with Gasteiger partial charge >= 0.3 is 6.09 Å². The van der Waals surface area contributed by atoms with Crippen molar-refractivity contribution in [3.05, 3.63) is 102 Å². The maximum absolute atomic E-state index is 12.9. The number of para-hydroxylation sites is 1. The summed E-state index contributed by atoms with van der Waals surface area (Å²) in [5, 5.41) is 7.65. The fourth-order valence-electron chi connectivity index (χ4n) is 3.33. The Morgan fingerprint density at radius 2 is 1.79 bits per heavy atom. The van der Waals surface area contributed by atoms with Crippen LogP contribution in [0.1, 0.15) is 16.7 Å². The minimum absolute atomic E-state index is 0.105. The van der Waals surface area contributed by atoms with Crippen molar-refractivity contribution in [2.45, 2.75) is 19.1 Å². The maximum atomic E-state index is 12.9. The summed E-state index contributed by atoms with van der Waals surface area (Å²) in [5.41, 5.74) is 5.99. The molecule has 4 rings (SSSR count). The number of carbonyl (C=O) groups excluding carboxylic acids is 2. The zero-order valence-electron chi connectivity index (χ0n) is 17.8. The lowest BCUT2D eigenvalue weighted by molar-refractivity contribution is -0.123. The van der Waals surface area contributed by atoms with Crippen LogP contribution < -0.4 is 10.7 Å². The second kappa shape index (κ2) is 10.7. The molecule has 0 saturated carbocycles. The molecule has 0 aliphatic carbocycles. The monoisotopic (exact) mass is 441 g/mol. The highest BCUT2D eigenvalue weighted by Crippen LogP contribution is 2.19. The van der Waals surface area contributed by atoms with Gasteiger partial charge < -0.3 is 15.0 Å². The predicted molar refractivity (Wildman–Crippen MR) is 126 cm³/mol. The van der Waals surface area contributed by atoms with Crippen molar-refractivity contribution < 1.29 is 14.3 Å². The van der Waals surface area contributed by atoms with Gasteiger partial charge in [0.25, 0.3) is 5.91 Å². The molecule has 0 radical (unpaired) electrons. The van der Waals surface area contributed by atoms with Crippen molar-refractivity contribution in [1.82, 2.24) is 20.7 Å². The number of hydrogen-bond acceptors (Lipinski definition) is 5. The third-order valence-corrected chi connectivity index (χ3v) is 5.01. The molecule has 2 amide bonds. The van der Waals surface area contributed by atoms with E-state index in [-0.39, 0.29) is 13.0 Å². The number of ether oxygens (including phenoxy) is 1. The summed E-state index contributed by atoms with van der Waals surface area (Å²) in [5.74, 6) is -0.456. The van der Waals surface area contributed by atoms with E-state index < -0.39 is 18.0 Å². The Bertz CT molecular complexity index is 1240. The standard InChI is InChI=1S/C25H23N5O3/c31-24(30-28-15-18-10-12-26-13-11-18)23(14-20-16-27-22-9-5-4-8-21(20)22)29-25(32)33-17-19-6-2-1-3-7-19/h1-13,15-16,23,27H,14,17H2,(H,29,32)(H,30,31)/b28-15-/t23-/m0/s1. The normalized spacial score (nSPS) is 11.9. The molecule has 0 spiro atoms. The average Bonchev–Trinajstić information content (AvgIpc) is 3.26. The number of carbonyl (C=O) groups is 2. The Hall–Kier alpha value is -4.46. The molecule has 0 aliphatic rings. The second-order valence-corrected chi connectivity index (χ2v) is 7.34. The van der Waals surface area contributed by atoms with Crippen LogP contribution in [0.4, 0.5) is 4.79 Å². The minimum atomic E-state index is -0.887. The van der Waals surface area contributed by atoms with Crippen molar-refractivity contribution in [3.63, 3.8) is 0 Å².